The third-order valence-electron chi connectivity index (χ3n) is 4.75. The number of anilines is 1. The second-order valence-electron chi connectivity index (χ2n) is 6.54. The van der Waals surface area contributed by atoms with Gasteiger partial charge in [-0.25, -0.2) is 14.4 Å². The molecule has 1 atom stereocenters. The molecule has 1 aliphatic heterocycles. The third kappa shape index (κ3) is 3.57. The number of carbonyl (C=O) groups is 1. The normalized spacial score (nSPS) is 16.6. The maximum Gasteiger partial charge on any atom is 0.231 e. The highest BCUT2D eigenvalue weighted by Gasteiger charge is 2.33. The predicted molar refractivity (Wildman–Crippen MR) is 101 cm³/mol. The maximum atomic E-state index is 14.5. The number of rotatable bonds is 4. The van der Waals surface area contributed by atoms with E-state index in [0.29, 0.717) is 36.1 Å². The summed E-state index contributed by atoms with van der Waals surface area (Å²) in [7, 11) is 0. The van der Waals surface area contributed by atoms with Gasteiger partial charge in [0.2, 0.25) is 11.9 Å². The van der Waals surface area contributed by atoms with Crippen LogP contribution in [0.3, 0.4) is 0 Å². The average molecular weight is 401 g/mol. The average Bonchev–Trinajstić information content (AvgIpc) is 3.06. The van der Waals surface area contributed by atoms with Crippen LogP contribution in [0, 0.1) is 17.7 Å². The van der Waals surface area contributed by atoms with Crippen LogP contribution in [-0.4, -0.2) is 27.4 Å². The van der Waals surface area contributed by atoms with Crippen LogP contribution in [0.25, 0.3) is 11.1 Å². The van der Waals surface area contributed by atoms with Crippen LogP contribution in [0.15, 0.2) is 48.9 Å². The Kier molecular flexibility index (Phi) is 5.00. The van der Waals surface area contributed by atoms with E-state index in [1.54, 1.807) is 36.7 Å². The number of amides is 1. The van der Waals surface area contributed by atoms with E-state index in [4.69, 9.17) is 11.6 Å². The number of halogens is 3. The highest BCUT2D eigenvalue weighted by atomic mass is 35.5. The van der Waals surface area contributed by atoms with Crippen LogP contribution < -0.4 is 4.90 Å². The first-order valence-corrected chi connectivity index (χ1v) is 9.09. The largest absolute Gasteiger partial charge is 0.296 e. The molecular formula is C20H15ClF2N4O. The van der Waals surface area contributed by atoms with Gasteiger partial charge in [0.15, 0.2) is 11.0 Å². The van der Waals surface area contributed by atoms with E-state index in [1.807, 2.05) is 0 Å². The Balaban J connectivity index is 1.52. The predicted octanol–water partition coefficient (Wildman–Crippen LogP) is 4.07. The lowest BCUT2D eigenvalue weighted by Gasteiger charge is -2.16. The zero-order chi connectivity index (χ0) is 19.7. The van der Waals surface area contributed by atoms with Gasteiger partial charge in [-0.1, -0.05) is 11.6 Å². The van der Waals surface area contributed by atoms with Gasteiger partial charge in [0, 0.05) is 36.6 Å². The molecular weight excluding hydrogens is 386 g/mol. The van der Waals surface area contributed by atoms with Crippen molar-refractivity contribution in [3.63, 3.8) is 0 Å². The van der Waals surface area contributed by atoms with E-state index < -0.39 is 11.8 Å². The Bertz CT molecular complexity index is 1030. The molecule has 3 aromatic heterocycles. The fraction of sp³-hybridized carbons (Fsp3) is 0.200. The number of nitrogens with zero attached hydrogens (tertiary/aromatic N) is 4. The van der Waals surface area contributed by atoms with Crippen molar-refractivity contribution < 1.29 is 13.6 Å². The van der Waals surface area contributed by atoms with Crippen molar-refractivity contribution in [1.82, 2.24) is 15.0 Å². The maximum absolute atomic E-state index is 14.5. The summed E-state index contributed by atoms with van der Waals surface area (Å²) in [4.78, 5) is 25.9. The van der Waals surface area contributed by atoms with Crippen molar-refractivity contribution in [3.8, 4) is 11.1 Å². The van der Waals surface area contributed by atoms with Gasteiger partial charge in [0.1, 0.15) is 5.82 Å². The fourth-order valence-electron chi connectivity index (χ4n) is 3.33. The molecule has 5 nitrogen and oxygen atoms in total. The minimum absolute atomic E-state index is 0.168. The van der Waals surface area contributed by atoms with E-state index in [2.05, 4.69) is 15.0 Å². The second-order valence-corrected chi connectivity index (χ2v) is 6.90. The molecule has 8 heteroatoms. The SMILES string of the molecule is O=C1C(Cc2cnc(Cl)c(F)c2)CCN1c1ccc(-c2ccncc2)c(F)n1. The molecule has 142 valence electrons. The molecule has 0 radical (unpaired) electrons. The topological polar surface area (TPSA) is 59.0 Å². The molecule has 0 spiro atoms. The van der Waals surface area contributed by atoms with Gasteiger partial charge < -0.3 is 0 Å². The van der Waals surface area contributed by atoms with E-state index >= 15 is 0 Å². The van der Waals surface area contributed by atoms with Gasteiger partial charge >= 0.3 is 0 Å². The summed E-state index contributed by atoms with van der Waals surface area (Å²) in [5, 5.41) is -0.197. The first-order chi connectivity index (χ1) is 13.5. The molecule has 0 aliphatic carbocycles. The minimum atomic E-state index is -0.649. The lowest BCUT2D eigenvalue weighted by atomic mass is 9.99. The minimum Gasteiger partial charge on any atom is -0.296 e. The van der Waals surface area contributed by atoms with Gasteiger partial charge in [-0.05, 0) is 54.3 Å². The number of hydrogen-bond donors (Lipinski definition) is 0. The van der Waals surface area contributed by atoms with E-state index in [9.17, 15) is 13.6 Å². The molecule has 0 bridgehead atoms. The van der Waals surface area contributed by atoms with Crippen molar-refractivity contribution in [3.05, 3.63) is 71.4 Å². The molecule has 1 fully saturated rings. The highest BCUT2D eigenvalue weighted by Crippen LogP contribution is 2.29. The number of pyridine rings is 3. The zero-order valence-corrected chi connectivity index (χ0v) is 15.4. The Labute approximate surface area is 165 Å². The van der Waals surface area contributed by atoms with Crippen LogP contribution in [-0.2, 0) is 11.2 Å². The van der Waals surface area contributed by atoms with E-state index in [1.165, 1.54) is 17.2 Å². The van der Waals surface area contributed by atoms with Gasteiger partial charge in [-0.3, -0.25) is 14.7 Å². The fourth-order valence-corrected chi connectivity index (χ4v) is 3.44. The summed E-state index contributed by atoms with van der Waals surface area (Å²) >= 11 is 5.59. The van der Waals surface area contributed by atoms with Crippen molar-refractivity contribution >= 4 is 23.3 Å². The Morgan fingerprint density at radius 2 is 1.96 bits per heavy atom. The Morgan fingerprint density at radius 3 is 2.68 bits per heavy atom. The molecule has 1 saturated heterocycles. The summed E-state index contributed by atoms with van der Waals surface area (Å²) in [6, 6.07) is 7.90. The summed E-state index contributed by atoms with van der Waals surface area (Å²) in [5.41, 5.74) is 1.60. The van der Waals surface area contributed by atoms with E-state index in [-0.39, 0.29) is 22.8 Å². The molecule has 1 aliphatic rings. The van der Waals surface area contributed by atoms with Crippen molar-refractivity contribution in [2.24, 2.45) is 5.92 Å². The van der Waals surface area contributed by atoms with Gasteiger partial charge in [-0.2, -0.15) is 4.39 Å². The molecule has 0 N–H and O–H groups in total. The van der Waals surface area contributed by atoms with Crippen LogP contribution in [0.2, 0.25) is 5.15 Å². The molecule has 0 saturated carbocycles. The summed E-state index contributed by atoms with van der Waals surface area (Å²) in [6.07, 6.45) is 5.52. The molecule has 3 aromatic rings. The number of hydrogen-bond acceptors (Lipinski definition) is 4. The Hall–Kier alpha value is -2.93. The van der Waals surface area contributed by atoms with Crippen molar-refractivity contribution in [2.75, 3.05) is 11.4 Å². The van der Waals surface area contributed by atoms with Gasteiger partial charge in [0.25, 0.3) is 0 Å². The van der Waals surface area contributed by atoms with E-state index in [0.717, 1.165) is 0 Å². The summed E-state index contributed by atoms with van der Waals surface area (Å²) in [6.45, 7) is 0.425. The highest BCUT2D eigenvalue weighted by molar-refractivity contribution is 6.29. The Morgan fingerprint density at radius 1 is 1.18 bits per heavy atom. The number of aromatic nitrogens is 3. The smallest absolute Gasteiger partial charge is 0.231 e. The van der Waals surface area contributed by atoms with Crippen molar-refractivity contribution in [2.45, 2.75) is 12.8 Å². The summed E-state index contributed by atoms with van der Waals surface area (Å²) < 4.78 is 28.1. The first-order valence-electron chi connectivity index (χ1n) is 8.71. The zero-order valence-electron chi connectivity index (χ0n) is 14.6. The molecule has 28 heavy (non-hydrogen) atoms. The van der Waals surface area contributed by atoms with Crippen LogP contribution in [0.4, 0.5) is 14.6 Å². The third-order valence-corrected chi connectivity index (χ3v) is 5.03. The lowest BCUT2D eigenvalue weighted by molar-refractivity contribution is -0.120. The quantitative estimate of drug-likeness (QED) is 0.619. The van der Waals surface area contributed by atoms with Crippen molar-refractivity contribution in [1.29, 1.82) is 0 Å². The molecule has 1 unspecified atom stereocenters. The van der Waals surface area contributed by atoms with Crippen LogP contribution >= 0.6 is 11.6 Å². The second kappa shape index (κ2) is 7.59. The standard InChI is InChI=1S/C20H15ClF2N4O/c21-18-16(22)10-12(11-25-18)9-14-5-8-27(20(14)28)17-2-1-15(19(23)26-17)13-3-6-24-7-4-13/h1-4,6-7,10-11,14H,5,8-9H2. The molecule has 4 rings (SSSR count). The molecule has 1 amide bonds. The molecule has 4 heterocycles. The summed E-state index contributed by atoms with van der Waals surface area (Å²) in [5.74, 6) is -1.50. The van der Waals surface area contributed by atoms with Gasteiger partial charge in [0.05, 0.1) is 0 Å². The monoisotopic (exact) mass is 400 g/mol. The van der Waals surface area contributed by atoms with Crippen LogP contribution in [0.1, 0.15) is 12.0 Å². The van der Waals surface area contributed by atoms with Crippen LogP contribution in [0.5, 0.6) is 0 Å². The lowest BCUT2D eigenvalue weighted by Crippen LogP contribution is -2.28. The van der Waals surface area contributed by atoms with Gasteiger partial charge in [-0.15, -0.1) is 0 Å². The number of carbonyl (C=O) groups excluding carboxylic acids is 1. The molecule has 0 aromatic carbocycles. The first kappa shape index (κ1) is 18.4.